The highest BCUT2D eigenvalue weighted by Crippen LogP contribution is 2.40. The zero-order valence-electron chi connectivity index (χ0n) is 19.6. The van der Waals surface area contributed by atoms with Crippen LogP contribution in [0.2, 0.25) is 0 Å². The molecule has 7 nitrogen and oxygen atoms in total. The van der Waals surface area contributed by atoms with Crippen molar-refractivity contribution in [1.82, 2.24) is 15.1 Å². The average molecular weight is 481 g/mol. The molecule has 182 valence electrons. The summed E-state index contributed by atoms with van der Waals surface area (Å²) in [7, 11) is 0. The first-order valence-corrected chi connectivity index (χ1v) is 11.5. The molecule has 0 bridgehead atoms. The van der Waals surface area contributed by atoms with Gasteiger partial charge in [-0.25, -0.2) is 8.78 Å². The summed E-state index contributed by atoms with van der Waals surface area (Å²) in [4.78, 5) is 19.0. The number of alkyl halides is 2. The number of aryl methyl sites for hydroxylation is 1. The number of ether oxygens (including phenoxy) is 1. The fourth-order valence-corrected chi connectivity index (χ4v) is 4.68. The predicted molar refractivity (Wildman–Crippen MR) is 126 cm³/mol. The highest BCUT2D eigenvalue weighted by atomic mass is 19.3. The number of benzene rings is 2. The normalized spacial score (nSPS) is 15.7. The van der Waals surface area contributed by atoms with Crippen LogP contribution >= 0.6 is 0 Å². The van der Waals surface area contributed by atoms with Crippen molar-refractivity contribution in [2.24, 2.45) is 0 Å². The number of nitrogens with one attached hydrogen (secondary N) is 1. The second-order valence-corrected chi connectivity index (χ2v) is 9.34. The Kier molecular flexibility index (Phi) is 5.57. The molecule has 35 heavy (non-hydrogen) atoms. The molecule has 1 atom stereocenters. The highest BCUT2D eigenvalue weighted by Gasteiger charge is 2.29. The second kappa shape index (κ2) is 8.48. The molecule has 0 saturated carbocycles. The Morgan fingerprint density at radius 1 is 1.26 bits per heavy atom. The molecule has 1 unspecified atom stereocenters. The Balaban J connectivity index is 1.50. The van der Waals surface area contributed by atoms with Gasteiger partial charge in [0, 0.05) is 46.1 Å². The van der Waals surface area contributed by atoms with Crippen LogP contribution in [0.1, 0.15) is 56.4 Å². The van der Waals surface area contributed by atoms with Crippen molar-refractivity contribution in [3.63, 3.8) is 0 Å². The van der Waals surface area contributed by atoms with Gasteiger partial charge in [-0.05, 0) is 68.7 Å². The first kappa shape index (κ1) is 23.0. The summed E-state index contributed by atoms with van der Waals surface area (Å²) in [5.74, 6) is -3.16. The molecule has 4 aromatic rings. The van der Waals surface area contributed by atoms with Crippen molar-refractivity contribution >= 4 is 16.9 Å². The van der Waals surface area contributed by atoms with Crippen molar-refractivity contribution in [1.29, 1.82) is 0 Å². The van der Waals surface area contributed by atoms with Crippen molar-refractivity contribution in [2.75, 3.05) is 0 Å². The van der Waals surface area contributed by atoms with Gasteiger partial charge >= 0.3 is 5.97 Å². The maximum absolute atomic E-state index is 14.1. The summed E-state index contributed by atoms with van der Waals surface area (Å²) in [5.41, 5.74) is 3.87. The lowest BCUT2D eigenvalue weighted by molar-refractivity contribution is -0.137. The molecule has 2 aromatic carbocycles. The van der Waals surface area contributed by atoms with Gasteiger partial charge in [0.1, 0.15) is 5.75 Å². The van der Waals surface area contributed by atoms with E-state index in [1.54, 1.807) is 6.07 Å². The minimum Gasteiger partial charge on any atom is -0.491 e. The van der Waals surface area contributed by atoms with Gasteiger partial charge in [-0.1, -0.05) is 5.16 Å². The van der Waals surface area contributed by atoms with Crippen LogP contribution in [0, 0.1) is 0 Å². The lowest BCUT2D eigenvalue weighted by Crippen LogP contribution is -2.10. The van der Waals surface area contributed by atoms with E-state index >= 15 is 0 Å². The summed E-state index contributed by atoms with van der Waals surface area (Å²) in [5, 5.41) is 14.3. The van der Waals surface area contributed by atoms with E-state index in [9.17, 15) is 18.7 Å². The maximum atomic E-state index is 14.1. The predicted octanol–water partition coefficient (Wildman–Crippen LogP) is 6.29. The zero-order chi connectivity index (χ0) is 24.9. The number of aromatic amines is 1. The minimum absolute atomic E-state index is 0.0265. The van der Waals surface area contributed by atoms with Gasteiger partial charge in [-0.15, -0.1) is 0 Å². The maximum Gasteiger partial charge on any atom is 0.304 e. The van der Waals surface area contributed by atoms with Crippen molar-refractivity contribution < 1.29 is 27.9 Å². The first-order chi connectivity index (χ1) is 16.6. The molecule has 0 saturated heterocycles. The third kappa shape index (κ3) is 4.50. The second-order valence-electron chi connectivity index (χ2n) is 9.34. The number of hydrogen-bond acceptors (Lipinski definition) is 5. The van der Waals surface area contributed by atoms with E-state index in [1.807, 2.05) is 32.0 Å². The minimum atomic E-state index is -3.06. The number of carboxylic acids is 1. The molecular weight excluding hydrogens is 456 g/mol. The average Bonchev–Trinajstić information content (AvgIpc) is 3.48. The fraction of sp³-hybridized carbons (Fsp3) is 0.346. The topological polar surface area (TPSA) is 101 Å². The van der Waals surface area contributed by atoms with Gasteiger partial charge < -0.3 is 19.4 Å². The van der Waals surface area contributed by atoms with E-state index in [1.165, 1.54) is 12.1 Å². The summed E-state index contributed by atoms with van der Waals surface area (Å²) in [6.07, 6.45) is 1.50. The molecule has 5 rings (SSSR count). The number of carbonyl (C=O) groups is 1. The summed E-state index contributed by atoms with van der Waals surface area (Å²) < 4.78 is 39.3. The van der Waals surface area contributed by atoms with Gasteiger partial charge in [-0.3, -0.25) is 4.79 Å². The van der Waals surface area contributed by atoms with E-state index in [2.05, 4.69) is 15.1 Å². The zero-order valence-corrected chi connectivity index (χ0v) is 19.6. The summed E-state index contributed by atoms with van der Waals surface area (Å²) in [6.45, 7) is 4.47. The fourth-order valence-electron chi connectivity index (χ4n) is 4.68. The smallest absolute Gasteiger partial charge is 0.304 e. The van der Waals surface area contributed by atoms with Crippen LogP contribution in [0.5, 0.6) is 5.75 Å². The van der Waals surface area contributed by atoms with Crippen molar-refractivity contribution in [3.05, 3.63) is 53.2 Å². The first-order valence-electron chi connectivity index (χ1n) is 11.5. The van der Waals surface area contributed by atoms with E-state index in [0.717, 1.165) is 41.9 Å². The Bertz CT molecular complexity index is 1420. The third-order valence-electron chi connectivity index (χ3n) is 6.23. The Hall–Kier alpha value is -3.75. The van der Waals surface area contributed by atoms with Crippen LogP contribution in [0.15, 0.2) is 40.9 Å². The van der Waals surface area contributed by atoms with Gasteiger partial charge in [0.15, 0.2) is 0 Å². The number of halogens is 2. The van der Waals surface area contributed by atoms with Crippen LogP contribution < -0.4 is 4.74 Å². The molecule has 1 aliphatic carbocycles. The number of carboxylic acid groups (broad SMARTS) is 1. The van der Waals surface area contributed by atoms with E-state index < -0.39 is 11.9 Å². The quantitative estimate of drug-likeness (QED) is 0.322. The molecule has 9 heteroatoms. The Morgan fingerprint density at radius 3 is 2.77 bits per heavy atom. The molecule has 1 aliphatic rings. The van der Waals surface area contributed by atoms with E-state index in [-0.39, 0.29) is 29.9 Å². The van der Waals surface area contributed by atoms with Crippen LogP contribution in [-0.4, -0.2) is 32.3 Å². The molecule has 0 amide bonds. The standard InChI is InChI=1S/C26H25F2N3O4/c1-13(2)34-18-9-16(8-17(12-18)26(3,27)28)25-30-24(31-35-25)15-5-7-21-20(10-15)19-6-4-14(11-22(32)33)23(19)29-21/h5,7-10,12-14,29H,4,6,11H2,1-3H3,(H,32,33). The number of fused-ring (bicyclic) bond motifs is 3. The van der Waals surface area contributed by atoms with Crippen molar-refractivity contribution in [2.45, 2.75) is 58.0 Å². The molecule has 0 aliphatic heterocycles. The largest absolute Gasteiger partial charge is 0.491 e. The van der Waals surface area contributed by atoms with Gasteiger partial charge in [0.05, 0.1) is 12.5 Å². The third-order valence-corrected chi connectivity index (χ3v) is 6.23. The number of aromatic nitrogens is 3. The molecule has 2 aromatic heterocycles. The van der Waals surface area contributed by atoms with E-state index in [4.69, 9.17) is 9.26 Å². The molecule has 0 spiro atoms. The van der Waals surface area contributed by atoms with Crippen LogP contribution in [0.4, 0.5) is 8.78 Å². The molecule has 2 heterocycles. The molecule has 0 radical (unpaired) electrons. The summed E-state index contributed by atoms with van der Waals surface area (Å²) >= 11 is 0. The van der Waals surface area contributed by atoms with Crippen LogP contribution in [-0.2, 0) is 17.1 Å². The lowest BCUT2D eigenvalue weighted by atomic mass is 10.0. The number of rotatable bonds is 7. The Labute approximate surface area is 200 Å². The van der Waals surface area contributed by atoms with Crippen LogP contribution in [0.3, 0.4) is 0 Å². The monoisotopic (exact) mass is 481 g/mol. The number of hydrogen-bond donors (Lipinski definition) is 2. The molecular formula is C26H25F2N3O4. The van der Waals surface area contributed by atoms with E-state index in [0.29, 0.717) is 22.7 Å². The van der Waals surface area contributed by atoms with Crippen molar-refractivity contribution in [3.8, 4) is 28.6 Å². The highest BCUT2D eigenvalue weighted by molar-refractivity contribution is 5.89. The molecule has 2 N–H and O–H groups in total. The van der Waals surface area contributed by atoms with Gasteiger partial charge in [0.2, 0.25) is 5.82 Å². The Morgan fingerprint density at radius 2 is 2.06 bits per heavy atom. The molecule has 0 fully saturated rings. The van der Waals surface area contributed by atoms with Crippen LogP contribution in [0.25, 0.3) is 33.7 Å². The van der Waals surface area contributed by atoms with Gasteiger partial charge in [-0.2, -0.15) is 4.98 Å². The lowest BCUT2D eigenvalue weighted by Gasteiger charge is -2.15. The number of aliphatic carboxylic acids is 1. The SMILES string of the molecule is CC(C)Oc1cc(-c2nc(-c3ccc4[nH]c5c(c4c3)CCC5CC(=O)O)no2)cc(C(C)(F)F)c1. The summed E-state index contributed by atoms with van der Waals surface area (Å²) in [6, 6.07) is 9.96. The van der Waals surface area contributed by atoms with Gasteiger partial charge in [0.25, 0.3) is 11.8 Å². The number of nitrogens with zero attached hydrogens (tertiary/aromatic N) is 2. The number of H-pyrrole nitrogens is 1.